The molecule has 5 nitrogen and oxygen atoms in total. The lowest BCUT2D eigenvalue weighted by Gasteiger charge is -2.34. The van der Waals surface area contributed by atoms with Gasteiger partial charge in [-0.25, -0.2) is 8.42 Å². The molecule has 0 atom stereocenters. The lowest BCUT2D eigenvalue weighted by atomic mass is 9.95. The lowest BCUT2D eigenvalue weighted by molar-refractivity contribution is 0.244. The van der Waals surface area contributed by atoms with Gasteiger partial charge >= 0.3 is 0 Å². The summed E-state index contributed by atoms with van der Waals surface area (Å²) in [5.74, 6) is 0. The van der Waals surface area contributed by atoms with Gasteiger partial charge in [0.25, 0.3) is 0 Å². The zero-order chi connectivity index (χ0) is 22.7. The molecule has 0 radical (unpaired) electrons. The highest BCUT2D eigenvalue weighted by molar-refractivity contribution is 7.89. The van der Waals surface area contributed by atoms with Crippen LogP contribution in [0.15, 0.2) is 90.1 Å². The Morgan fingerprint density at radius 1 is 0.879 bits per heavy atom. The van der Waals surface area contributed by atoms with Crippen molar-refractivity contribution in [3.63, 3.8) is 0 Å². The summed E-state index contributed by atoms with van der Waals surface area (Å²) in [6, 6.07) is 23.5. The van der Waals surface area contributed by atoms with Crippen LogP contribution in [-0.2, 0) is 23.1 Å². The van der Waals surface area contributed by atoms with Gasteiger partial charge in [-0.15, -0.1) is 0 Å². The molecule has 0 amide bonds. The van der Waals surface area contributed by atoms with Crippen molar-refractivity contribution in [2.75, 3.05) is 0 Å². The summed E-state index contributed by atoms with van der Waals surface area (Å²) in [6.45, 7) is 1.08. The molecule has 0 saturated heterocycles. The molecule has 0 bridgehead atoms. The quantitative estimate of drug-likeness (QED) is 0.361. The minimum atomic E-state index is -3.74. The van der Waals surface area contributed by atoms with Gasteiger partial charge in [0, 0.05) is 36.1 Å². The van der Waals surface area contributed by atoms with Crippen LogP contribution in [0.25, 0.3) is 10.9 Å². The van der Waals surface area contributed by atoms with Crippen molar-refractivity contribution in [3.8, 4) is 0 Å². The maximum atomic E-state index is 14.1. The summed E-state index contributed by atoms with van der Waals surface area (Å²) >= 11 is 0. The summed E-state index contributed by atoms with van der Waals surface area (Å²) in [5, 5.41) is 0.842. The number of hydrogen-bond acceptors (Lipinski definition) is 3. The Balaban J connectivity index is 1.53. The minimum absolute atomic E-state index is 0.00259. The predicted octanol–water partition coefficient (Wildman–Crippen LogP) is 5.61. The van der Waals surface area contributed by atoms with Crippen molar-refractivity contribution < 1.29 is 8.42 Å². The highest BCUT2D eigenvalue weighted by Crippen LogP contribution is 2.32. The number of aromatic nitrogens is 2. The third-order valence-electron chi connectivity index (χ3n) is 6.60. The number of para-hydroxylation sites is 1. The monoisotopic (exact) mass is 459 g/mol. The average Bonchev–Trinajstić information content (AvgIpc) is 3.29. The minimum Gasteiger partial charge on any atom is -0.346 e. The number of pyridine rings is 1. The third kappa shape index (κ3) is 4.59. The first-order valence-corrected chi connectivity index (χ1v) is 13.1. The van der Waals surface area contributed by atoms with Gasteiger partial charge in [0.05, 0.1) is 12.1 Å². The Morgan fingerprint density at radius 3 is 2.48 bits per heavy atom. The van der Waals surface area contributed by atoms with Crippen LogP contribution in [0.4, 0.5) is 0 Å². The number of sulfonamides is 1. The van der Waals surface area contributed by atoms with Crippen molar-refractivity contribution in [2.45, 2.75) is 56.1 Å². The normalized spacial score (nSPS) is 15.3. The molecular weight excluding hydrogens is 430 g/mol. The molecule has 1 fully saturated rings. The smallest absolute Gasteiger partial charge is 0.245 e. The molecule has 1 saturated carbocycles. The highest BCUT2D eigenvalue weighted by Gasteiger charge is 2.34. The lowest BCUT2D eigenvalue weighted by Crippen LogP contribution is -2.41. The summed E-state index contributed by atoms with van der Waals surface area (Å²) in [4.78, 5) is 4.73. The standard InChI is InChI=1S/C27H29N3O2S/c31-33(32,26-17-7-12-23-13-8-18-28-27(23)26)30(24-14-5-2-6-15-24)21-25-16-9-19-29(25)20-22-10-3-1-4-11-22/h1,3-4,7-13,16-19,24H,2,5-6,14-15,20-21H2. The average molecular weight is 460 g/mol. The predicted molar refractivity (Wildman–Crippen MR) is 131 cm³/mol. The van der Waals surface area contributed by atoms with Crippen LogP contribution in [0.3, 0.4) is 0 Å². The molecule has 1 aliphatic rings. The highest BCUT2D eigenvalue weighted by atomic mass is 32.2. The maximum Gasteiger partial charge on any atom is 0.245 e. The molecule has 0 spiro atoms. The van der Waals surface area contributed by atoms with Crippen molar-refractivity contribution >= 4 is 20.9 Å². The van der Waals surface area contributed by atoms with Gasteiger partial charge in [-0.1, -0.05) is 67.8 Å². The van der Waals surface area contributed by atoms with Crippen LogP contribution in [0.1, 0.15) is 43.4 Å². The molecule has 2 aromatic carbocycles. The summed E-state index contributed by atoms with van der Waals surface area (Å²) in [5.41, 5.74) is 2.74. The molecule has 2 aromatic heterocycles. The molecule has 33 heavy (non-hydrogen) atoms. The van der Waals surface area contributed by atoms with Crippen LogP contribution in [0.2, 0.25) is 0 Å². The van der Waals surface area contributed by atoms with E-state index < -0.39 is 10.0 Å². The SMILES string of the molecule is O=S(=O)(c1cccc2cccnc12)N(Cc1cccn1Cc1ccccc1)C1CCCCC1. The number of nitrogens with zero attached hydrogens (tertiary/aromatic N) is 3. The first kappa shape index (κ1) is 21.9. The fraction of sp³-hybridized carbons (Fsp3) is 0.296. The van der Waals surface area contributed by atoms with Crippen LogP contribution < -0.4 is 0 Å². The Morgan fingerprint density at radius 2 is 1.67 bits per heavy atom. The second-order valence-electron chi connectivity index (χ2n) is 8.79. The summed E-state index contributed by atoms with van der Waals surface area (Å²) < 4.78 is 32.1. The molecule has 5 rings (SSSR count). The molecule has 170 valence electrons. The fourth-order valence-electron chi connectivity index (χ4n) is 4.88. The Bertz CT molecular complexity index is 1320. The van der Waals surface area contributed by atoms with E-state index in [-0.39, 0.29) is 6.04 Å². The zero-order valence-corrected chi connectivity index (χ0v) is 19.5. The molecule has 0 aliphatic heterocycles. The molecule has 2 heterocycles. The van der Waals surface area contributed by atoms with Crippen molar-refractivity contribution in [3.05, 3.63) is 96.4 Å². The topological polar surface area (TPSA) is 55.2 Å². The Labute approximate surface area is 195 Å². The van der Waals surface area contributed by atoms with E-state index in [2.05, 4.69) is 21.7 Å². The van der Waals surface area contributed by atoms with E-state index >= 15 is 0 Å². The van der Waals surface area contributed by atoms with Crippen molar-refractivity contribution in [1.82, 2.24) is 13.9 Å². The molecule has 0 N–H and O–H groups in total. The van der Waals surface area contributed by atoms with Gasteiger partial charge in [0.15, 0.2) is 0 Å². The fourth-order valence-corrected chi connectivity index (χ4v) is 6.70. The van der Waals surface area contributed by atoms with Crippen LogP contribution >= 0.6 is 0 Å². The van der Waals surface area contributed by atoms with E-state index in [1.54, 1.807) is 16.6 Å². The van der Waals surface area contributed by atoms with Crippen LogP contribution in [0.5, 0.6) is 0 Å². The van der Waals surface area contributed by atoms with E-state index in [1.807, 2.05) is 60.8 Å². The number of benzene rings is 2. The largest absolute Gasteiger partial charge is 0.346 e. The Kier molecular flexibility index (Phi) is 6.29. The number of rotatable bonds is 7. The van der Waals surface area contributed by atoms with Crippen molar-refractivity contribution in [2.24, 2.45) is 0 Å². The molecule has 1 aliphatic carbocycles. The molecule has 6 heteroatoms. The van der Waals surface area contributed by atoms with Crippen LogP contribution in [0, 0.1) is 0 Å². The summed E-state index contributed by atoms with van der Waals surface area (Å²) in [6.07, 6.45) is 8.80. The molecular formula is C27H29N3O2S. The second kappa shape index (κ2) is 9.49. The number of hydrogen-bond donors (Lipinski definition) is 0. The first-order valence-electron chi connectivity index (χ1n) is 11.7. The van der Waals surface area contributed by atoms with Gasteiger partial charge in [-0.2, -0.15) is 4.31 Å². The number of fused-ring (bicyclic) bond motifs is 1. The molecule has 0 unspecified atom stereocenters. The van der Waals surface area contributed by atoms with E-state index in [0.717, 1.165) is 43.3 Å². The van der Waals surface area contributed by atoms with Gasteiger partial charge in [0.1, 0.15) is 4.90 Å². The first-order chi connectivity index (χ1) is 16.1. The second-order valence-corrected chi connectivity index (χ2v) is 10.6. The van der Waals surface area contributed by atoms with E-state index in [4.69, 9.17) is 0 Å². The van der Waals surface area contributed by atoms with Gasteiger partial charge in [-0.05, 0) is 42.7 Å². The van der Waals surface area contributed by atoms with Gasteiger partial charge in [0.2, 0.25) is 10.0 Å². The van der Waals surface area contributed by atoms with E-state index in [1.165, 1.54) is 12.0 Å². The Hall–Kier alpha value is -2.96. The van der Waals surface area contributed by atoms with E-state index in [0.29, 0.717) is 17.0 Å². The molecule has 4 aromatic rings. The van der Waals surface area contributed by atoms with Crippen LogP contribution in [-0.4, -0.2) is 28.3 Å². The van der Waals surface area contributed by atoms with Crippen molar-refractivity contribution in [1.29, 1.82) is 0 Å². The third-order valence-corrected chi connectivity index (χ3v) is 8.53. The summed E-state index contributed by atoms with van der Waals surface area (Å²) in [7, 11) is -3.74. The van der Waals surface area contributed by atoms with E-state index in [9.17, 15) is 8.42 Å². The zero-order valence-electron chi connectivity index (χ0n) is 18.7. The van der Waals surface area contributed by atoms with Gasteiger partial charge in [-0.3, -0.25) is 4.98 Å². The maximum absolute atomic E-state index is 14.1. The van der Waals surface area contributed by atoms with Gasteiger partial charge < -0.3 is 4.57 Å².